The van der Waals surface area contributed by atoms with Crippen LogP contribution in [0, 0.1) is 5.82 Å². The molecule has 1 atom stereocenters. The molecule has 1 aromatic rings. The molecule has 0 aromatic heterocycles. The van der Waals surface area contributed by atoms with Gasteiger partial charge in [-0.1, -0.05) is 6.07 Å². The molecular formula is C16H22FN3O3. The minimum atomic E-state index is -0.390. The number of rotatable bonds is 4. The zero-order chi connectivity index (χ0) is 16.8. The van der Waals surface area contributed by atoms with E-state index in [1.807, 2.05) is 4.90 Å². The van der Waals surface area contributed by atoms with Gasteiger partial charge in [-0.3, -0.25) is 9.69 Å². The van der Waals surface area contributed by atoms with Crippen molar-refractivity contribution in [1.82, 2.24) is 9.80 Å². The first kappa shape index (κ1) is 17.2. The van der Waals surface area contributed by atoms with Crippen molar-refractivity contribution in [2.45, 2.75) is 19.9 Å². The third-order valence-electron chi connectivity index (χ3n) is 3.86. The van der Waals surface area contributed by atoms with Crippen LogP contribution in [0.15, 0.2) is 24.3 Å². The number of nitrogens with one attached hydrogen (secondary N) is 1. The van der Waals surface area contributed by atoms with Crippen LogP contribution in [0.5, 0.6) is 0 Å². The lowest BCUT2D eigenvalue weighted by molar-refractivity contribution is -0.121. The van der Waals surface area contributed by atoms with E-state index in [9.17, 15) is 14.0 Å². The predicted molar refractivity (Wildman–Crippen MR) is 84.7 cm³/mol. The fraction of sp³-hybridized carbons (Fsp3) is 0.500. The molecule has 1 N–H and O–H groups in total. The molecule has 0 bridgehead atoms. The van der Waals surface area contributed by atoms with Crippen LogP contribution in [0.3, 0.4) is 0 Å². The number of piperazine rings is 1. The minimum absolute atomic E-state index is 0.194. The Balaban J connectivity index is 1.85. The lowest BCUT2D eigenvalue weighted by atomic mass is 10.2. The molecular weight excluding hydrogens is 301 g/mol. The number of amides is 2. The van der Waals surface area contributed by atoms with Gasteiger partial charge in [0.15, 0.2) is 0 Å². The topological polar surface area (TPSA) is 61.9 Å². The Labute approximate surface area is 135 Å². The minimum Gasteiger partial charge on any atom is -0.450 e. The summed E-state index contributed by atoms with van der Waals surface area (Å²) in [6, 6.07) is 5.44. The van der Waals surface area contributed by atoms with E-state index in [1.165, 1.54) is 12.1 Å². The maximum atomic E-state index is 13.1. The van der Waals surface area contributed by atoms with E-state index in [0.717, 1.165) is 0 Å². The summed E-state index contributed by atoms with van der Waals surface area (Å²) in [6.07, 6.45) is -0.316. The maximum absolute atomic E-state index is 13.1. The van der Waals surface area contributed by atoms with Gasteiger partial charge in [-0.15, -0.1) is 0 Å². The first-order valence-corrected chi connectivity index (χ1v) is 7.73. The summed E-state index contributed by atoms with van der Waals surface area (Å²) in [7, 11) is 0. The number of anilines is 1. The Morgan fingerprint density at radius 2 is 2.00 bits per heavy atom. The van der Waals surface area contributed by atoms with Crippen LogP contribution in [-0.4, -0.2) is 60.6 Å². The van der Waals surface area contributed by atoms with Crippen molar-refractivity contribution < 1.29 is 18.7 Å². The van der Waals surface area contributed by atoms with Crippen molar-refractivity contribution in [2.75, 3.05) is 38.1 Å². The summed E-state index contributed by atoms with van der Waals surface area (Å²) in [5, 5.41) is 2.71. The smallest absolute Gasteiger partial charge is 0.409 e. The predicted octanol–water partition coefficient (Wildman–Crippen LogP) is 1.93. The lowest BCUT2D eigenvalue weighted by Gasteiger charge is -2.36. The molecule has 1 fully saturated rings. The van der Waals surface area contributed by atoms with Crippen LogP contribution < -0.4 is 5.32 Å². The molecule has 1 aromatic carbocycles. The molecule has 0 radical (unpaired) electrons. The highest BCUT2D eigenvalue weighted by atomic mass is 19.1. The molecule has 1 heterocycles. The van der Waals surface area contributed by atoms with Gasteiger partial charge in [-0.2, -0.15) is 0 Å². The fourth-order valence-electron chi connectivity index (χ4n) is 2.49. The zero-order valence-corrected chi connectivity index (χ0v) is 13.4. The highest BCUT2D eigenvalue weighted by Crippen LogP contribution is 2.12. The average Bonchev–Trinajstić information content (AvgIpc) is 2.54. The summed E-state index contributed by atoms with van der Waals surface area (Å²) in [5.41, 5.74) is 0.437. The van der Waals surface area contributed by atoms with E-state index < -0.39 is 5.82 Å². The highest BCUT2D eigenvalue weighted by Gasteiger charge is 2.27. The second-order valence-electron chi connectivity index (χ2n) is 5.40. The number of hydrogen-bond donors (Lipinski definition) is 1. The highest BCUT2D eigenvalue weighted by molar-refractivity contribution is 5.94. The van der Waals surface area contributed by atoms with E-state index >= 15 is 0 Å². The molecule has 1 aliphatic rings. The van der Waals surface area contributed by atoms with Gasteiger partial charge in [0.1, 0.15) is 5.82 Å². The van der Waals surface area contributed by atoms with Crippen LogP contribution in [0.1, 0.15) is 13.8 Å². The Morgan fingerprint density at radius 1 is 1.30 bits per heavy atom. The maximum Gasteiger partial charge on any atom is 0.409 e. The monoisotopic (exact) mass is 323 g/mol. The second kappa shape index (κ2) is 7.92. The quantitative estimate of drug-likeness (QED) is 0.920. The molecule has 0 saturated carbocycles. The lowest BCUT2D eigenvalue weighted by Crippen LogP contribution is -2.54. The SMILES string of the molecule is CCOC(=O)N1CCN(C(C)C(=O)Nc2cccc(F)c2)CC1. The number of nitrogens with zero attached hydrogens (tertiary/aromatic N) is 2. The second-order valence-corrected chi connectivity index (χ2v) is 5.40. The standard InChI is InChI=1S/C16H22FN3O3/c1-3-23-16(22)20-9-7-19(8-10-20)12(2)15(21)18-14-6-4-5-13(17)11-14/h4-6,11-12H,3,7-10H2,1-2H3,(H,18,21). The van der Waals surface area contributed by atoms with Crippen LogP contribution in [-0.2, 0) is 9.53 Å². The summed E-state index contributed by atoms with van der Waals surface area (Å²) < 4.78 is 18.1. The van der Waals surface area contributed by atoms with E-state index in [-0.39, 0.29) is 18.0 Å². The molecule has 1 unspecified atom stereocenters. The first-order chi connectivity index (χ1) is 11.0. The Hall–Kier alpha value is -2.15. The van der Waals surface area contributed by atoms with E-state index in [4.69, 9.17) is 4.74 Å². The molecule has 0 aliphatic carbocycles. The normalized spacial score (nSPS) is 16.7. The van der Waals surface area contributed by atoms with Crippen molar-refractivity contribution in [1.29, 1.82) is 0 Å². The summed E-state index contributed by atoms with van der Waals surface area (Å²) in [5.74, 6) is -0.585. The van der Waals surface area contributed by atoms with Crippen LogP contribution in [0.25, 0.3) is 0 Å². The van der Waals surface area contributed by atoms with E-state index in [1.54, 1.807) is 30.9 Å². The summed E-state index contributed by atoms with van der Waals surface area (Å²) >= 11 is 0. The number of benzene rings is 1. The Kier molecular flexibility index (Phi) is 5.92. The number of ether oxygens (including phenoxy) is 1. The summed E-state index contributed by atoms with van der Waals surface area (Å²) in [6.45, 7) is 6.16. The van der Waals surface area contributed by atoms with Gasteiger partial charge in [0, 0.05) is 31.9 Å². The molecule has 1 saturated heterocycles. The van der Waals surface area contributed by atoms with Crippen molar-refractivity contribution in [3.63, 3.8) is 0 Å². The van der Waals surface area contributed by atoms with Gasteiger partial charge in [-0.05, 0) is 32.0 Å². The number of hydrogen-bond acceptors (Lipinski definition) is 4. The third kappa shape index (κ3) is 4.66. The van der Waals surface area contributed by atoms with E-state index in [0.29, 0.717) is 38.5 Å². The number of halogens is 1. The van der Waals surface area contributed by atoms with E-state index in [2.05, 4.69) is 5.32 Å². The van der Waals surface area contributed by atoms with Gasteiger partial charge in [-0.25, -0.2) is 9.18 Å². The van der Waals surface area contributed by atoms with Gasteiger partial charge in [0.05, 0.1) is 12.6 Å². The Morgan fingerprint density at radius 3 is 2.61 bits per heavy atom. The van der Waals surface area contributed by atoms with Gasteiger partial charge < -0.3 is 15.0 Å². The molecule has 0 spiro atoms. The van der Waals surface area contributed by atoms with Crippen molar-refractivity contribution >= 4 is 17.7 Å². The molecule has 2 amide bonds. The van der Waals surface area contributed by atoms with Crippen LogP contribution >= 0.6 is 0 Å². The van der Waals surface area contributed by atoms with Crippen molar-refractivity contribution in [2.24, 2.45) is 0 Å². The molecule has 23 heavy (non-hydrogen) atoms. The third-order valence-corrected chi connectivity index (χ3v) is 3.86. The van der Waals surface area contributed by atoms with Crippen molar-refractivity contribution in [3.05, 3.63) is 30.1 Å². The zero-order valence-electron chi connectivity index (χ0n) is 13.4. The summed E-state index contributed by atoms with van der Waals surface area (Å²) in [4.78, 5) is 27.5. The average molecular weight is 323 g/mol. The molecule has 126 valence electrons. The van der Waals surface area contributed by atoms with Gasteiger partial charge in [0.25, 0.3) is 0 Å². The fourth-order valence-corrected chi connectivity index (χ4v) is 2.49. The van der Waals surface area contributed by atoms with Gasteiger partial charge in [0.2, 0.25) is 5.91 Å². The molecule has 7 heteroatoms. The number of carbonyl (C=O) groups excluding carboxylic acids is 2. The number of carbonyl (C=O) groups is 2. The van der Waals surface area contributed by atoms with Crippen molar-refractivity contribution in [3.8, 4) is 0 Å². The molecule has 6 nitrogen and oxygen atoms in total. The largest absolute Gasteiger partial charge is 0.450 e. The Bertz CT molecular complexity index is 559. The molecule has 1 aliphatic heterocycles. The van der Waals surface area contributed by atoms with Gasteiger partial charge >= 0.3 is 6.09 Å². The molecule has 2 rings (SSSR count). The van der Waals surface area contributed by atoms with Crippen LogP contribution in [0.2, 0.25) is 0 Å². The first-order valence-electron chi connectivity index (χ1n) is 7.73. The van der Waals surface area contributed by atoms with Crippen LogP contribution in [0.4, 0.5) is 14.9 Å².